The molecule has 98 valence electrons. The van der Waals surface area contributed by atoms with E-state index in [2.05, 4.69) is 13.8 Å². The molecule has 0 radical (unpaired) electrons. The van der Waals surface area contributed by atoms with Gasteiger partial charge in [0.15, 0.2) is 0 Å². The minimum absolute atomic E-state index is 0.00301. The van der Waals surface area contributed by atoms with Gasteiger partial charge in [0.25, 0.3) is 5.91 Å². The van der Waals surface area contributed by atoms with Crippen molar-refractivity contribution in [1.82, 2.24) is 4.90 Å². The van der Waals surface area contributed by atoms with E-state index in [4.69, 9.17) is 10.5 Å². The number of likely N-dealkylation sites (tertiary alicyclic amines) is 1. The molecule has 2 atom stereocenters. The fourth-order valence-electron chi connectivity index (χ4n) is 2.65. The molecular formula is C14H20N2O2. The first-order valence-electron chi connectivity index (χ1n) is 6.28. The molecule has 2 N–H and O–H groups in total. The van der Waals surface area contributed by atoms with E-state index in [1.165, 1.54) is 0 Å². The first kappa shape index (κ1) is 12.7. The Morgan fingerprint density at radius 1 is 1.44 bits per heavy atom. The molecule has 1 heterocycles. The number of anilines is 1. The Morgan fingerprint density at radius 3 is 2.72 bits per heavy atom. The quantitative estimate of drug-likeness (QED) is 0.816. The monoisotopic (exact) mass is 248 g/mol. The fourth-order valence-corrected chi connectivity index (χ4v) is 2.65. The van der Waals surface area contributed by atoms with Crippen molar-refractivity contribution in [3.05, 3.63) is 23.8 Å². The molecule has 1 aromatic rings. The maximum absolute atomic E-state index is 12.5. The Bertz CT molecular complexity index is 459. The van der Waals surface area contributed by atoms with Gasteiger partial charge in [0, 0.05) is 12.6 Å². The molecule has 2 unspecified atom stereocenters. The van der Waals surface area contributed by atoms with Gasteiger partial charge in [0.2, 0.25) is 0 Å². The van der Waals surface area contributed by atoms with Crippen LogP contribution in [0.25, 0.3) is 0 Å². The summed E-state index contributed by atoms with van der Waals surface area (Å²) in [6, 6.07) is 5.60. The lowest BCUT2D eigenvalue weighted by Crippen LogP contribution is -2.34. The highest BCUT2D eigenvalue weighted by Crippen LogP contribution is 2.29. The van der Waals surface area contributed by atoms with Crippen molar-refractivity contribution in [2.45, 2.75) is 26.3 Å². The lowest BCUT2D eigenvalue weighted by molar-refractivity contribution is 0.0744. The topological polar surface area (TPSA) is 55.6 Å². The van der Waals surface area contributed by atoms with Gasteiger partial charge in [-0.05, 0) is 31.4 Å². The Hall–Kier alpha value is -1.71. The van der Waals surface area contributed by atoms with Crippen LogP contribution in [0.4, 0.5) is 5.69 Å². The van der Waals surface area contributed by atoms with Gasteiger partial charge in [-0.2, -0.15) is 0 Å². The van der Waals surface area contributed by atoms with Crippen molar-refractivity contribution < 1.29 is 9.53 Å². The van der Waals surface area contributed by atoms with Crippen molar-refractivity contribution in [3.8, 4) is 5.75 Å². The average Bonchev–Trinajstić information content (AvgIpc) is 2.68. The van der Waals surface area contributed by atoms with E-state index in [0.29, 0.717) is 22.9 Å². The summed E-state index contributed by atoms with van der Waals surface area (Å²) in [5, 5.41) is 0. The number of carbonyl (C=O) groups is 1. The minimum Gasteiger partial charge on any atom is -0.495 e. The zero-order valence-corrected chi connectivity index (χ0v) is 11.1. The van der Waals surface area contributed by atoms with E-state index < -0.39 is 0 Å². The van der Waals surface area contributed by atoms with Crippen molar-refractivity contribution in [2.24, 2.45) is 5.92 Å². The number of nitrogens with zero attached hydrogens (tertiary/aromatic N) is 1. The lowest BCUT2D eigenvalue weighted by atomic mass is 10.1. The molecule has 1 aromatic carbocycles. The summed E-state index contributed by atoms with van der Waals surface area (Å²) >= 11 is 0. The summed E-state index contributed by atoms with van der Waals surface area (Å²) in [5.74, 6) is 1.11. The van der Waals surface area contributed by atoms with Gasteiger partial charge in [-0.25, -0.2) is 0 Å². The van der Waals surface area contributed by atoms with Crippen LogP contribution in [-0.4, -0.2) is 30.5 Å². The van der Waals surface area contributed by atoms with Crippen LogP contribution >= 0.6 is 0 Å². The van der Waals surface area contributed by atoms with Crippen LogP contribution in [0.1, 0.15) is 30.6 Å². The van der Waals surface area contributed by atoms with Gasteiger partial charge in [-0.15, -0.1) is 0 Å². The molecule has 4 nitrogen and oxygen atoms in total. The molecule has 1 saturated heterocycles. The number of amides is 1. The summed E-state index contributed by atoms with van der Waals surface area (Å²) < 4.78 is 5.15. The van der Waals surface area contributed by atoms with Crippen molar-refractivity contribution >= 4 is 11.6 Å². The molecular weight excluding hydrogens is 228 g/mol. The highest BCUT2D eigenvalue weighted by atomic mass is 16.5. The molecule has 0 saturated carbocycles. The second kappa shape index (κ2) is 4.88. The van der Waals surface area contributed by atoms with Gasteiger partial charge >= 0.3 is 0 Å². The maximum Gasteiger partial charge on any atom is 0.256 e. The SMILES string of the molecule is COc1cccc(C(=O)N2CC(C)CC2C)c1N. The molecule has 18 heavy (non-hydrogen) atoms. The summed E-state index contributed by atoms with van der Waals surface area (Å²) in [5.41, 5.74) is 6.93. The van der Waals surface area contributed by atoms with E-state index in [1.807, 2.05) is 4.90 Å². The van der Waals surface area contributed by atoms with Crippen LogP contribution < -0.4 is 10.5 Å². The normalized spacial score (nSPS) is 23.2. The summed E-state index contributed by atoms with van der Waals surface area (Å²) in [4.78, 5) is 14.4. The number of methoxy groups -OCH3 is 1. The highest BCUT2D eigenvalue weighted by molar-refractivity contribution is 6.00. The van der Waals surface area contributed by atoms with Gasteiger partial charge in [0.1, 0.15) is 5.75 Å². The van der Waals surface area contributed by atoms with E-state index in [1.54, 1.807) is 25.3 Å². The third-order valence-corrected chi connectivity index (χ3v) is 3.56. The van der Waals surface area contributed by atoms with Crippen LogP contribution in [0.5, 0.6) is 5.75 Å². The number of para-hydroxylation sites is 1. The predicted molar refractivity (Wildman–Crippen MR) is 71.7 cm³/mol. The molecule has 0 aromatic heterocycles. The molecule has 4 heteroatoms. The minimum atomic E-state index is 0.00301. The number of nitrogen functional groups attached to an aromatic ring is 1. The molecule has 1 amide bonds. The number of ether oxygens (including phenoxy) is 1. The standard InChI is InChI=1S/C14H20N2O2/c1-9-7-10(2)16(8-9)14(17)11-5-4-6-12(18-3)13(11)15/h4-6,9-10H,7-8,15H2,1-3H3. The highest BCUT2D eigenvalue weighted by Gasteiger charge is 2.31. The summed E-state index contributed by atoms with van der Waals surface area (Å²) in [7, 11) is 1.56. The Labute approximate surface area is 108 Å². The fraction of sp³-hybridized carbons (Fsp3) is 0.500. The van der Waals surface area contributed by atoms with Crippen LogP contribution in [0, 0.1) is 5.92 Å². The second-order valence-corrected chi connectivity index (χ2v) is 5.07. The molecule has 0 aliphatic carbocycles. The predicted octanol–water partition coefficient (Wildman–Crippen LogP) is 2.15. The zero-order valence-electron chi connectivity index (χ0n) is 11.1. The smallest absolute Gasteiger partial charge is 0.256 e. The molecule has 2 rings (SSSR count). The van der Waals surface area contributed by atoms with Crippen LogP contribution in [0.3, 0.4) is 0 Å². The third kappa shape index (κ3) is 2.15. The van der Waals surface area contributed by atoms with Crippen LogP contribution in [0.15, 0.2) is 18.2 Å². The lowest BCUT2D eigenvalue weighted by Gasteiger charge is -2.22. The molecule has 0 spiro atoms. The average molecular weight is 248 g/mol. The number of hydrogen-bond donors (Lipinski definition) is 1. The number of nitrogens with two attached hydrogens (primary N) is 1. The number of hydrogen-bond acceptors (Lipinski definition) is 3. The summed E-state index contributed by atoms with van der Waals surface area (Å²) in [6.07, 6.45) is 1.05. The third-order valence-electron chi connectivity index (χ3n) is 3.56. The molecule has 1 fully saturated rings. The first-order chi connectivity index (χ1) is 8.54. The summed E-state index contributed by atoms with van der Waals surface area (Å²) in [6.45, 7) is 5.05. The zero-order chi connectivity index (χ0) is 13.3. The van der Waals surface area contributed by atoms with E-state index >= 15 is 0 Å². The van der Waals surface area contributed by atoms with Crippen molar-refractivity contribution in [3.63, 3.8) is 0 Å². The van der Waals surface area contributed by atoms with Crippen molar-refractivity contribution in [2.75, 3.05) is 19.4 Å². The van der Waals surface area contributed by atoms with Gasteiger partial charge in [0.05, 0.1) is 18.4 Å². The largest absolute Gasteiger partial charge is 0.495 e. The van der Waals surface area contributed by atoms with Crippen molar-refractivity contribution in [1.29, 1.82) is 0 Å². The molecule has 0 bridgehead atoms. The number of carbonyl (C=O) groups excluding carboxylic acids is 1. The maximum atomic E-state index is 12.5. The van der Waals surface area contributed by atoms with E-state index in [9.17, 15) is 4.79 Å². The molecule has 1 aliphatic rings. The Balaban J connectivity index is 2.29. The first-order valence-corrected chi connectivity index (χ1v) is 6.28. The van der Waals surface area contributed by atoms with Gasteiger partial charge in [-0.1, -0.05) is 13.0 Å². The van der Waals surface area contributed by atoms with Gasteiger partial charge < -0.3 is 15.4 Å². The van der Waals surface area contributed by atoms with Crippen LogP contribution in [-0.2, 0) is 0 Å². The Morgan fingerprint density at radius 2 is 2.17 bits per heavy atom. The number of rotatable bonds is 2. The molecule has 1 aliphatic heterocycles. The number of benzene rings is 1. The van der Waals surface area contributed by atoms with E-state index in [-0.39, 0.29) is 11.9 Å². The van der Waals surface area contributed by atoms with Gasteiger partial charge in [-0.3, -0.25) is 4.79 Å². The van der Waals surface area contributed by atoms with Crippen LogP contribution in [0.2, 0.25) is 0 Å². The van der Waals surface area contributed by atoms with E-state index in [0.717, 1.165) is 13.0 Å². The second-order valence-electron chi connectivity index (χ2n) is 5.07. The Kier molecular flexibility index (Phi) is 3.45.